The summed E-state index contributed by atoms with van der Waals surface area (Å²) in [5.74, 6) is 0.337. The van der Waals surface area contributed by atoms with Gasteiger partial charge in [0.2, 0.25) is 6.29 Å². The third-order valence-electron chi connectivity index (χ3n) is 5.71. The number of rotatable bonds is 8. The Morgan fingerprint density at radius 3 is 2.48 bits per heavy atom. The molecule has 0 bridgehead atoms. The van der Waals surface area contributed by atoms with Crippen molar-refractivity contribution >= 4 is 0 Å². The highest BCUT2D eigenvalue weighted by Gasteiger charge is 2.50. The molecule has 2 aliphatic heterocycles. The number of phenolic OH excluding ortho intramolecular Hbond substituents is 1. The average molecular weight is 472 g/mol. The Morgan fingerprint density at radius 1 is 1.12 bits per heavy atom. The molecule has 0 aromatic heterocycles. The monoisotopic (exact) mass is 472 g/mol. The van der Waals surface area contributed by atoms with Crippen LogP contribution in [0.15, 0.2) is 29.8 Å². The summed E-state index contributed by atoms with van der Waals surface area (Å²) >= 11 is 0. The van der Waals surface area contributed by atoms with E-state index in [1.165, 1.54) is 12.1 Å². The molecule has 0 amide bonds. The van der Waals surface area contributed by atoms with Gasteiger partial charge in [0.25, 0.3) is 0 Å². The van der Waals surface area contributed by atoms with Crippen molar-refractivity contribution in [3.05, 3.63) is 35.4 Å². The molecule has 1 aromatic carbocycles. The second-order valence-electron chi connectivity index (χ2n) is 8.63. The van der Waals surface area contributed by atoms with Crippen LogP contribution < -0.4 is 4.74 Å². The van der Waals surface area contributed by atoms with Gasteiger partial charge in [0.1, 0.15) is 47.6 Å². The second kappa shape index (κ2) is 10.6. The first-order chi connectivity index (χ1) is 15.6. The maximum atomic E-state index is 10.3. The van der Waals surface area contributed by atoms with Gasteiger partial charge in [-0.25, -0.2) is 0 Å². The lowest BCUT2D eigenvalue weighted by Gasteiger charge is -2.40. The molecule has 0 radical (unpaired) electrons. The molecule has 8 unspecified atom stereocenters. The van der Waals surface area contributed by atoms with E-state index in [0.717, 1.165) is 5.57 Å². The Labute approximate surface area is 191 Å². The van der Waals surface area contributed by atoms with Crippen LogP contribution in [-0.2, 0) is 20.6 Å². The Hall–Kier alpha value is -1.80. The molecule has 3 rings (SSSR count). The summed E-state index contributed by atoms with van der Waals surface area (Å²) in [6.07, 6.45) is -7.74. The molecule has 0 spiro atoms. The molecule has 2 fully saturated rings. The summed E-state index contributed by atoms with van der Waals surface area (Å²) in [5.41, 5.74) is -0.219. The van der Waals surface area contributed by atoms with Crippen LogP contribution in [0.2, 0.25) is 0 Å². The van der Waals surface area contributed by atoms with E-state index in [2.05, 4.69) is 0 Å². The normalized spacial score (nSPS) is 36.5. The average Bonchev–Trinajstić information content (AvgIpc) is 3.07. The van der Waals surface area contributed by atoms with Crippen molar-refractivity contribution in [2.75, 3.05) is 19.8 Å². The molecule has 7 N–H and O–H groups in total. The number of hydrogen-bond acceptors (Lipinski definition) is 11. The van der Waals surface area contributed by atoms with Gasteiger partial charge in [-0.1, -0.05) is 11.6 Å². The number of aliphatic hydroxyl groups is 6. The fourth-order valence-corrected chi connectivity index (χ4v) is 3.52. The van der Waals surface area contributed by atoms with E-state index in [4.69, 9.17) is 18.9 Å². The third kappa shape index (κ3) is 5.83. The molecule has 8 atom stereocenters. The zero-order valence-corrected chi connectivity index (χ0v) is 18.4. The summed E-state index contributed by atoms with van der Waals surface area (Å²) in [6, 6.07) is 4.48. The molecule has 11 nitrogen and oxygen atoms in total. The highest BCUT2D eigenvalue weighted by atomic mass is 16.7. The van der Waals surface area contributed by atoms with E-state index < -0.39 is 55.3 Å². The molecule has 1 aromatic rings. The van der Waals surface area contributed by atoms with Crippen molar-refractivity contribution in [1.29, 1.82) is 0 Å². The van der Waals surface area contributed by atoms with Crippen molar-refractivity contribution < 1.29 is 54.7 Å². The minimum atomic E-state index is -1.87. The van der Waals surface area contributed by atoms with Gasteiger partial charge in [-0.3, -0.25) is 0 Å². The van der Waals surface area contributed by atoms with Gasteiger partial charge >= 0.3 is 0 Å². The molecular formula is C22H32O11. The highest BCUT2D eigenvalue weighted by molar-refractivity contribution is 5.40. The predicted molar refractivity (Wildman–Crippen MR) is 112 cm³/mol. The summed E-state index contributed by atoms with van der Waals surface area (Å²) in [7, 11) is 0. The van der Waals surface area contributed by atoms with Crippen molar-refractivity contribution in [2.24, 2.45) is 0 Å². The zero-order chi connectivity index (χ0) is 24.3. The number of allylic oxidation sites excluding steroid dienone is 2. The molecule has 0 aliphatic carbocycles. The summed E-state index contributed by atoms with van der Waals surface area (Å²) in [4.78, 5) is 0. The molecule has 186 valence electrons. The molecule has 2 aliphatic rings. The smallest absolute Gasteiger partial charge is 0.229 e. The van der Waals surface area contributed by atoms with Crippen LogP contribution in [0.3, 0.4) is 0 Å². The number of ether oxygens (including phenoxy) is 4. The maximum absolute atomic E-state index is 10.3. The van der Waals surface area contributed by atoms with Crippen molar-refractivity contribution in [3.63, 3.8) is 0 Å². The first kappa shape index (κ1) is 25.8. The van der Waals surface area contributed by atoms with Gasteiger partial charge in [0.15, 0.2) is 6.29 Å². The molecule has 2 saturated heterocycles. The van der Waals surface area contributed by atoms with Crippen LogP contribution >= 0.6 is 0 Å². The van der Waals surface area contributed by atoms with Crippen molar-refractivity contribution in [3.8, 4) is 11.5 Å². The fourth-order valence-electron chi connectivity index (χ4n) is 3.52. The Kier molecular flexibility index (Phi) is 8.32. The lowest BCUT2D eigenvalue weighted by Crippen LogP contribution is -2.60. The Bertz CT molecular complexity index is 827. The largest absolute Gasteiger partial charge is 0.508 e. The number of aromatic hydroxyl groups is 1. The van der Waals surface area contributed by atoms with Crippen LogP contribution in [0, 0.1) is 0 Å². The van der Waals surface area contributed by atoms with E-state index in [-0.39, 0.29) is 24.7 Å². The van der Waals surface area contributed by atoms with Gasteiger partial charge in [-0.2, -0.15) is 0 Å². The minimum absolute atomic E-state index is 0.0738. The second-order valence-corrected chi connectivity index (χ2v) is 8.63. The van der Waals surface area contributed by atoms with Gasteiger partial charge in [0, 0.05) is 5.56 Å². The molecular weight excluding hydrogens is 440 g/mol. The van der Waals surface area contributed by atoms with Crippen LogP contribution in [0.1, 0.15) is 19.4 Å². The standard InChI is InChI=1S/C22H32O11/c1-11(2)3-4-12-7-13(5-6-14(12)24)32-20-18(27)17(26)16(25)15(33-20)8-30-21-19(28)22(29,9-23)10-31-21/h3,5-7,15-21,23-29H,4,8-10H2,1-2H3. The maximum Gasteiger partial charge on any atom is 0.229 e. The summed E-state index contributed by atoms with van der Waals surface area (Å²) < 4.78 is 21.8. The summed E-state index contributed by atoms with van der Waals surface area (Å²) in [5, 5.41) is 70.2. The lowest BCUT2D eigenvalue weighted by molar-refractivity contribution is -0.289. The lowest BCUT2D eigenvalue weighted by atomic mass is 9.99. The first-order valence-electron chi connectivity index (χ1n) is 10.6. The highest BCUT2D eigenvalue weighted by Crippen LogP contribution is 2.30. The topological polar surface area (TPSA) is 179 Å². The van der Waals surface area contributed by atoms with Crippen LogP contribution in [0.25, 0.3) is 0 Å². The van der Waals surface area contributed by atoms with E-state index in [1.807, 2.05) is 19.9 Å². The van der Waals surface area contributed by atoms with Crippen LogP contribution in [0.5, 0.6) is 11.5 Å². The number of aliphatic hydroxyl groups excluding tert-OH is 5. The molecule has 33 heavy (non-hydrogen) atoms. The number of phenols is 1. The van der Waals surface area contributed by atoms with Crippen molar-refractivity contribution in [2.45, 2.75) is 69.0 Å². The molecule has 11 heteroatoms. The zero-order valence-electron chi connectivity index (χ0n) is 18.4. The van der Waals surface area contributed by atoms with E-state index >= 15 is 0 Å². The quantitative estimate of drug-likeness (QED) is 0.220. The van der Waals surface area contributed by atoms with Gasteiger partial charge in [0.05, 0.1) is 19.8 Å². The van der Waals surface area contributed by atoms with E-state index in [1.54, 1.807) is 6.07 Å². The Morgan fingerprint density at radius 2 is 1.85 bits per heavy atom. The molecule has 0 saturated carbocycles. The predicted octanol–water partition coefficient (Wildman–Crippen LogP) is -1.46. The summed E-state index contributed by atoms with van der Waals surface area (Å²) in [6.45, 7) is 2.39. The molecule has 2 heterocycles. The Balaban J connectivity index is 1.66. The number of benzene rings is 1. The number of hydrogen-bond donors (Lipinski definition) is 7. The minimum Gasteiger partial charge on any atom is -0.508 e. The first-order valence-corrected chi connectivity index (χ1v) is 10.6. The van der Waals surface area contributed by atoms with Crippen molar-refractivity contribution in [1.82, 2.24) is 0 Å². The third-order valence-corrected chi connectivity index (χ3v) is 5.71. The fraction of sp³-hybridized carbons (Fsp3) is 0.636. The van der Waals surface area contributed by atoms with Gasteiger partial charge < -0.3 is 54.7 Å². The van der Waals surface area contributed by atoms with Gasteiger partial charge in [-0.15, -0.1) is 0 Å². The van der Waals surface area contributed by atoms with Crippen LogP contribution in [-0.4, -0.2) is 104 Å². The SMILES string of the molecule is CC(C)=CCc1cc(OC2OC(COC3OCC(O)(CO)C3O)C(O)C(O)C2O)ccc1O. The van der Waals surface area contributed by atoms with E-state index in [9.17, 15) is 35.7 Å². The van der Waals surface area contributed by atoms with E-state index in [0.29, 0.717) is 12.0 Å². The van der Waals surface area contributed by atoms with Crippen LogP contribution in [0.4, 0.5) is 0 Å². The van der Waals surface area contributed by atoms with Gasteiger partial charge in [-0.05, 0) is 38.5 Å².